The molecular weight excluding hydrogens is 338 g/mol. The van der Waals surface area contributed by atoms with E-state index in [1.807, 2.05) is 43.5 Å². The summed E-state index contributed by atoms with van der Waals surface area (Å²) in [6, 6.07) is 12.0. The number of piperazine rings is 1. The molecule has 27 heavy (non-hydrogen) atoms. The van der Waals surface area contributed by atoms with Crippen LogP contribution in [0.3, 0.4) is 0 Å². The molecular formula is C20H23N7. The minimum atomic E-state index is 0.714. The maximum Gasteiger partial charge on any atom is 0.227 e. The van der Waals surface area contributed by atoms with E-state index in [2.05, 4.69) is 36.1 Å². The lowest BCUT2D eigenvalue weighted by Gasteiger charge is -2.35. The molecule has 3 aromatic heterocycles. The molecule has 1 N–H and O–H groups in total. The third-order valence-corrected chi connectivity index (χ3v) is 4.60. The number of hydrogen-bond donors (Lipinski definition) is 1. The van der Waals surface area contributed by atoms with Crippen molar-refractivity contribution in [3.05, 3.63) is 66.2 Å². The molecule has 0 aromatic carbocycles. The highest BCUT2D eigenvalue weighted by molar-refractivity contribution is 5.46. The van der Waals surface area contributed by atoms with E-state index < -0.39 is 0 Å². The second-order valence-corrected chi connectivity index (χ2v) is 6.57. The van der Waals surface area contributed by atoms with Crippen molar-refractivity contribution in [3.63, 3.8) is 0 Å². The minimum Gasteiger partial charge on any atom is -0.366 e. The maximum absolute atomic E-state index is 4.72. The summed E-state index contributed by atoms with van der Waals surface area (Å²) in [6.45, 7) is 6.30. The average molecular weight is 361 g/mol. The molecule has 0 spiro atoms. The second kappa shape index (κ2) is 7.99. The van der Waals surface area contributed by atoms with Crippen LogP contribution < -0.4 is 15.1 Å². The van der Waals surface area contributed by atoms with Crippen LogP contribution >= 0.6 is 0 Å². The van der Waals surface area contributed by atoms with Gasteiger partial charge in [0, 0.05) is 63.1 Å². The lowest BCUT2D eigenvalue weighted by atomic mass is 10.2. The summed E-state index contributed by atoms with van der Waals surface area (Å²) in [5.41, 5.74) is 2.14. The van der Waals surface area contributed by atoms with Crippen molar-refractivity contribution < 1.29 is 0 Å². The first-order valence-corrected chi connectivity index (χ1v) is 9.17. The highest BCUT2D eigenvalue weighted by atomic mass is 15.3. The Labute approximate surface area is 159 Å². The number of aryl methyl sites for hydroxylation is 1. The molecule has 7 nitrogen and oxygen atoms in total. The molecule has 0 amide bonds. The molecule has 1 aliphatic rings. The van der Waals surface area contributed by atoms with E-state index in [1.54, 1.807) is 12.4 Å². The largest absolute Gasteiger partial charge is 0.366 e. The Kier molecular flexibility index (Phi) is 5.09. The number of anilines is 3. The van der Waals surface area contributed by atoms with Crippen LogP contribution in [-0.2, 0) is 6.54 Å². The molecule has 1 saturated heterocycles. The fourth-order valence-corrected chi connectivity index (χ4v) is 3.15. The Balaban J connectivity index is 1.41. The third kappa shape index (κ3) is 4.31. The molecule has 1 fully saturated rings. The topological polar surface area (TPSA) is 70.1 Å². The van der Waals surface area contributed by atoms with E-state index in [-0.39, 0.29) is 0 Å². The van der Waals surface area contributed by atoms with Crippen LogP contribution in [0.15, 0.2) is 55.0 Å². The Morgan fingerprint density at radius 3 is 2.44 bits per heavy atom. The highest BCUT2D eigenvalue weighted by Crippen LogP contribution is 2.18. The van der Waals surface area contributed by atoms with Crippen molar-refractivity contribution in [1.82, 2.24) is 19.9 Å². The molecule has 0 bridgehead atoms. The number of nitrogens with one attached hydrogen (secondary N) is 1. The molecule has 0 saturated carbocycles. The second-order valence-electron chi connectivity index (χ2n) is 6.57. The maximum atomic E-state index is 4.72. The van der Waals surface area contributed by atoms with Crippen LogP contribution in [0.2, 0.25) is 0 Å². The van der Waals surface area contributed by atoms with Gasteiger partial charge >= 0.3 is 0 Å². The van der Waals surface area contributed by atoms with Crippen LogP contribution in [0.5, 0.6) is 0 Å². The predicted octanol–water partition coefficient (Wildman–Crippen LogP) is 2.51. The van der Waals surface area contributed by atoms with Crippen LogP contribution in [0.4, 0.5) is 17.6 Å². The van der Waals surface area contributed by atoms with Crippen LogP contribution in [-0.4, -0.2) is 46.1 Å². The normalized spacial score (nSPS) is 14.3. The van der Waals surface area contributed by atoms with E-state index in [0.29, 0.717) is 6.54 Å². The fourth-order valence-electron chi connectivity index (χ4n) is 3.15. The predicted molar refractivity (Wildman–Crippen MR) is 107 cm³/mol. The fraction of sp³-hybridized carbons (Fsp3) is 0.300. The summed E-state index contributed by atoms with van der Waals surface area (Å²) in [6.07, 6.45) is 5.44. The van der Waals surface area contributed by atoms with Crippen LogP contribution in [0, 0.1) is 6.92 Å². The van der Waals surface area contributed by atoms with E-state index in [1.165, 1.54) is 5.56 Å². The molecule has 0 atom stereocenters. The van der Waals surface area contributed by atoms with Gasteiger partial charge in [0.25, 0.3) is 0 Å². The molecule has 3 aromatic rings. The van der Waals surface area contributed by atoms with Gasteiger partial charge in [-0.2, -0.15) is 4.98 Å². The van der Waals surface area contributed by atoms with Gasteiger partial charge in [-0.05, 0) is 36.8 Å². The van der Waals surface area contributed by atoms with Gasteiger partial charge in [-0.1, -0.05) is 6.07 Å². The zero-order valence-corrected chi connectivity index (χ0v) is 15.4. The molecule has 0 unspecified atom stereocenters. The van der Waals surface area contributed by atoms with E-state index in [9.17, 15) is 0 Å². The van der Waals surface area contributed by atoms with Crippen molar-refractivity contribution in [2.24, 2.45) is 0 Å². The van der Waals surface area contributed by atoms with Gasteiger partial charge < -0.3 is 15.1 Å². The Morgan fingerprint density at radius 1 is 0.926 bits per heavy atom. The minimum absolute atomic E-state index is 0.714. The number of rotatable bonds is 5. The highest BCUT2D eigenvalue weighted by Gasteiger charge is 2.20. The Morgan fingerprint density at radius 2 is 1.70 bits per heavy atom. The first kappa shape index (κ1) is 17.2. The number of aromatic nitrogens is 4. The molecule has 138 valence electrons. The van der Waals surface area contributed by atoms with Gasteiger partial charge in [0.2, 0.25) is 5.95 Å². The quantitative estimate of drug-likeness (QED) is 0.749. The Hall–Kier alpha value is -3.22. The van der Waals surface area contributed by atoms with Crippen molar-refractivity contribution in [1.29, 1.82) is 0 Å². The van der Waals surface area contributed by atoms with Gasteiger partial charge in [-0.25, -0.2) is 9.97 Å². The number of nitrogens with zero attached hydrogens (tertiary/aromatic N) is 6. The first-order valence-electron chi connectivity index (χ1n) is 9.17. The SMILES string of the molecule is Cc1cc(NCc2ccncc2)nc(N2CCN(c3ccccn3)CC2)n1. The summed E-state index contributed by atoms with van der Waals surface area (Å²) in [7, 11) is 0. The van der Waals surface area contributed by atoms with Gasteiger partial charge in [0.1, 0.15) is 11.6 Å². The third-order valence-electron chi connectivity index (χ3n) is 4.60. The lowest BCUT2D eigenvalue weighted by Crippen LogP contribution is -2.47. The van der Waals surface area contributed by atoms with E-state index in [4.69, 9.17) is 4.98 Å². The molecule has 7 heteroatoms. The van der Waals surface area contributed by atoms with E-state index >= 15 is 0 Å². The van der Waals surface area contributed by atoms with Crippen LogP contribution in [0.1, 0.15) is 11.3 Å². The number of hydrogen-bond acceptors (Lipinski definition) is 7. The summed E-state index contributed by atoms with van der Waals surface area (Å²) < 4.78 is 0. The smallest absolute Gasteiger partial charge is 0.227 e. The zero-order chi connectivity index (χ0) is 18.5. The zero-order valence-electron chi connectivity index (χ0n) is 15.4. The van der Waals surface area contributed by atoms with E-state index in [0.717, 1.165) is 49.5 Å². The Bertz CT molecular complexity index is 862. The summed E-state index contributed by atoms with van der Waals surface area (Å²) in [4.78, 5) is 22.4. The van der Waals surface area contributed by atoms with Crippen molar-refractivity contribution in [2.75, 3.05) is 41.3 Å². The molecule has 1 aliphatic heterocycles. The average Bonchev–Trinajstić information content (AvgIpc) is 2.73. The first-order chi connectivity index (χ1) is 13.3. The molecule has 4 rings (SSSR count). The van der Waals surface area contributed by atoms with Gasteiger partial charge in [-0.3, -0.25) is 4.98 Å². The van der Waals surface area contributed by atoms with Gasteiger partial charge in [-0.15, -0.1) is 0 Å². The summed E-state index contributed by atoms with van der Waals surface area (Å²) in [5, 5.41) is 3.39. The van der Waals surface area contributed by atoms with Crippen molar-refractivity contribution in [3.8, 4) is 0 Å². The standard InChI is InChI=1S/C20H23N7/c1-16-14-18(23-15-17-5-8-21-9-6-17)25-20(24-16)27-12-10-26(11-13-27)19-4-2-3-7-22-19/h2-9,14H,10-13,15H2,1H3,(H,23,24,25). The monoisotopic (exact) mass is 361 g/mol. The van der Waals surface area contributed by atoms with Crippen molar-refractivity contribution in [2.45, 2.75) is 13.5 Å². The lowest BCUT2D eigenvalue weighted by molar-refractivity contribution is 0.634. The molecule has 4 heterocycles. The van der Waals surface area contributed by atoms with Crippen molar-refractivity contribution >= 4 is 17.6 Å². The number of pyridine rings is 2. The summed E-state index contributed by atoms with van der Waals surface area (Å²) in [5.74, 6) is 2.66. The van der Waals surface area contributed by atoms with Crippen LogP contribution in [0.25, 0.3) is 0 Å². The molecule has 0 aliphatic carbocycles. The molecule has 0 radical (unpaired) electrons. The van der Waals surface area contributed by atoms with Gasteiger partial charge in [0.05, 0.1) is 0 Å². The van der Waals surface area contributed by atoms with Gasteiger partial charge in [0.15, 0.2) is 0 Å². The summed E-state index contributed by atoms with van der Waals surface area (Å²) >= 11 is 0.